The number of alkyl halides is 1. The molecule has 0 aliphatic heterocycles. The van der Waals surface area contributed by atoms with Gasteiger partial charge >= 0.3 is 0 Å². The van der Waals surface area contributed by atoms with Crippen LogP contribution in [0, 0.1) is 5.92 Å². The Morgan fingerprint density at radius 1 is 1.29 bits per heavy atom. The minimum atomic E-state index is -3.08. The Labute approximate surface area is 141 Å². The van der Waals surface area contributed by atoms with Crippen LogP contribution < -0.4 is 0 Å². The van der Waals surface area contributed by atoms with Crippen LogP contribution in [0.4, 0.5) is 4.39 Å². The Hall–Kier alpha value is -1.76. The molecule has 130 valence electrons. The lowest BCUT2D eigenvalue weighted by Gasteiger charge is -2.28. The summed E-state index contributed by atoms with van der Waals surface area (Å²) < 4.78 is 41.4. The highest BCUT2D eigenvalue weighted by Crippen LogP contribution is 2.33. The fourth-order valence-electron chi connectivity index (χ4n) is 3.02. The average Bonchev–Trinajstić information content (AvgIpc) is 2.94. The molecule has 1 aromatic carbocycles. The zero-order valence-electron chi connectivity index (χ0n) is 13.6. The summed E-state index contributed by atoms with van der Waals surface area (Å²) in [6.07, 6.45) is 2.63. The number of halogens is 1. The summed E-state index contributed by atoms with van der Waals surface area (Å²) in [5.41, 5.74) is 0.948. The van der Waals surface area contributed by atoms with Gasteiger partial charge in [0.05, 0.1) is 11.7 Å². The first-order valence-electron chi connectivity index (χ1n) is 8.10. The van der Waals surface area contributed by atoms with E-state index in [4.69, 9.17) is 4.52 Å². The van der Waals surface area contributed by atoms with E-state index in [0.717, 1.165) is 5.56 Å². The number of hydrogen-bond donors (Lipinski definition) is 0. The smallest absolute Gasteiger partial charge is 0.234 e. The van der Waals surface area contributed by atoms with Crippen LogP contribution in [0.2, 0.25) is 0 Å². The van der Waals surface area contributed by atoms with Crippen molar-refractivity contribution in [2.75, 3.05) is 12.0 Å². The number of benzene rings is 1. The van der Waals surface area contributed by atoms with Crippen LogP contribution in [0.3, 0.4) is 0 Å². The molecule has 1 fully saturated rings. The van der Waals surface area contributed by atoms with Crippen LogP contribution in [0.1, 0.15) is 42.5 Å². The van der Waals surface area contributed by atoms with Crippen LogP contribution in [-0.2, 0) is 16.3 Å². The first-order valence-corrected chi connectivity index (χ1v) is 10.2. The number of hydrogen-bond acceptors (Lipinski definition) is 5. The van der Waals surface area contributed by atoms with Crippen molar-refractivity contribution in [1.29, 1.82) is 0 Å². The fourth-order valence-corrected chi connectivity index (χ4v) is 3.68. The van der Waals surface area contributed by atoms with Crippen molar-refractivity contribution in [3.05, 3.63) is 47.6 Å². The van der Waals surface area contributed by atoms with Gasteiger partial charge in [-0.2, -0.15) is 4.98 Å². The van der Waals surface area contributed by atoms with Crippen LogP contribution in [-0.4, -0.2) is 36.7 Å². The summed E-state index contributed by atoms with van der Waals surface area (Å²) in [6, 6.07) is 9.55. The molecule has 0 radical (unpaired) electrons. The molecule has 1 atom stereocenters. The highest BCUT2D eigenvalue weighted by atomic mass is 32.2. The molecular formula is C17H21FN2O3S. The van der Waals surface area contributed by atoms with Crippen molar-refractivity contribution in [2.45, 2.75) is 37.8 Å². The van der Waals surface area contributed by atoms with Gasteiger partial charge in [-0.1, -0.05) is 35.5 Å². The highest BCUT2D eigenvalue weighted by molar-refractivity contribution is 7.90. The molecule has 0 N–H and O–H groups in total. The average molecular weight is 352 g/mol. The van der Waals surface area contributed by atoms with Gasteiger partial charge in [0.2, 0.25) is 5.89 Å². The van der Waals surface area contributed by atoms with E-state index >= 15 is 0 Å². The van der Waals surface area contributed by atoms with Gasteiger partial charge in [0.1, 0.15) is 16.0 Å². The first-order chi connectivity index (χ1) is 11.4. The van der Waals surface area contributed by atoms with Crippen molar-refractivity contribution in [3.8, 4) is 0 Å². The Balaban J connectivity index is 1.76. The second kappa shape index (κ2) is 7.01. The third-order valence-corrected chi connectivity index (χ3v) is 5.39. The summed E-state index contributed by atoms with van der Waals surface area (Å²) in [7, 11) is -3.08. The van der Waals surface area contributed by atoms with Crippen molar-refractivity contribution >= 4 is 9.84 Å². The standard InChI is InChI=1S/C17H21FN2O3S/c1-24(21,22)8-7-15(13-5-3-2-4-6-13)17-19-16(20-23-17)11-12-9-14(18)10-12/h2-6,12,14-15H,7-11H2,1H3. The summed E-state index contributed by atoms with van der Waals surface area (Å²) in [4.78, 5) is 4.44. The van der Waals surface area contributed by atoms with Crippen LogP contribution in [0.5, 0.6) is 0 Å². The lowest BCUT2D eigenvalue weighted by Crippen LogP contribution is -2.26. The molecule has 0 saturated heterocycles. The minimum Gasteiger partial charge on any atom is -0.339 e. The lowest BCUT2D eigenvalue weighted by atomic mass is 9.81. The van der Waals surface area contributed by atoms with E-state index in [2.05, 4.69) is 10.1 Å². The van der Waals surface area contributed by atoms with Gasteiger partial charge in [-0.3, -0.25) is 0 Å². The van der Waals surface area contributed by atoms with Crippen molar-refractivity contribution < 1.29 is 17.3 Å². The monoisotopic (exact) mass is 352 g/mol. The molecule has 1 saturated carbocycles. The van der Waals surface area contributed by atoms with Crippen molar-refractivity contribution in [1.82, 2.24) is 10.1 Å². The fraction of sp³-hybridized carbons (Fsp3) is 0.529. The molecule has 0 bridgehead atoms. The maximum absolute atomic E-state index is 12.9. The molecule has 1 aromatic heterocycles. The molecule has 0 spiro atoms. The molecule has 1 aliphatic rings. The van der Waals surface area contributed by atoms with E-state index < -0.39 is 16.0 Å². The van der Waals surface area contributed by atoms with Gasteiger partial charge in [0.25, 0.3) is 0 Å². The van der Waals surface area contributed by atoms with Gasteiger partial charge in [-0.25, -0.2) is 12.8 Å². The van der Waals surface area contributed by atoms with E-state index in [1.165, 1.54) is 6.26 Å². The number of aromatic nitrogens is 2. The van der Waals surface area contributed by atoms with Crippen molar-refractivity contribution in [3.63, 3.8) is 0 Å². The molecule has 1 unspecified atom stereocenters. The topological polar surface area (TPSA) is 73.1 Å². The lowest BCUT2D eigenvalue weighted by molar-refractivity contribution is 0.129. The Morgan fingerprint density at radius 3 is 2.62 bits per heavy atom. The predicted octanol–water partition coefficient (Wildman–Crippen LogP) is 2.93. The Morgan fingerprint density at radius 2 is 2.00 bits per heavy atom. The van der Waals surface area contributed by atoms with Gasteiger partial charge < -0.3 is 4.52 Å². The van der Waals surface area contributed by atoms with E-state index in [9.17, 15) is 12.8 Å². The molecule has 7 heteroatoms. The van der Waals surface area contributed by atoms with Crippen LogP contribution in [0.25, 0.3) is 0 Å². The molecule has 0 amide bonds. The molecule has 2 aromatic rings. The van der Waals surface area contributed by atoms with E-state index in [-0.39, 0.29) is 17.6 Å². The third-order valence-electron chi connectivity index (χ3n) is 4.41. The molecular weight excluding hydrogens is 331 g/mol. The molecule has 1 heterocycles. The second-order valence-electron chi connectivity index (χ2n) is 6.57. The second-order valence-corrected chi connectivity index (χ2v) is 8.83. The zero-order valence-corrected chi connectivity index (χ0v) is 14.4. The molecule has 24 heavy (non-hydrogen) atoms. The molecule has 3 rings (SSSR count). The Kier molecular flexibility index (Phi) is 4.99. The number of nitrogens with zero attached hydrogens (tertiary/aromatic N) is 2. The third kappa shape index (κ3) is 4.41. The summed E-state index contributed by atoms with van der Waals surface area (Å²) in [6.45, 7) is 0. The number of rotatable bonds is 7. The van der Waals surface area contributed by atoms with Gasteiger partial charge in [0.15, 0.2) is 5.82 Å². The SMILES string of the molecule is CS(=O)(=O)CCC(c1ccccc1)c1nc(CC2CC(F)C2)no1. The summed E-state index contributed by atoms with van der Waals surface area (Å²) in [5.74, 6) is 1.07. The highest BCUT2D eigenvalue weighted by Gasteiger charge is 2.31. The van der Waals surface area contributed by atoms with Crippen LogP contribution in [0.15, 0.2) is 34.9 Å². The normalized spacial score (nSPS) is 22.1. The quantitative estimate of drug-likeness (QED) is 0.766. The zero-order chi connectivity index (χ0) is 17.2. The van der Waals surface area contributed by atoms with Crippen LogP contribution >= 0.6 is 0 Å². The van der Waals surface area contributed by atoms with Gasteiger partial charge in [-0.05, 0) is 30.7 Å². The largest absolute Gasteiger partial charge is 0.339 e. The Bertz CT molecular complexity index is 770. The van der Waals surface area contributed by atoms with Gasteiger partial charge in [0, 0.05) is 12.7 Å². The van der Waals surface area contributed by atoms with Gasteiger partial charge in [-0.15, -0.1) is 0 Å². The maximum atomic E-state index is 12.9. The number of sulfone groups is 1. The van der Waals surface area contributed by atoms with E-state index in [0.29, 0.717) is 37.4 Å². The minimum absolute atomic E-state index is 0.0520. The molecule has 5 nitrogen and oxygen atoms in total. The summed E-state index contributed by atoms with van der Waals surface area (Å²) in [5, 5.41) is 4.00. The van der Waals surface area contributed by atoms with E-state index in [1.807, 2.05) is 30.3 Å². The first kappa shape index (κ1) is 17.1. The summed E-state index contributed by atoms with van der Waals surface area (Å²) >= 11 is 0. The van der Waals surface area contributed by atoms with E-state index in [1.54, 1.807) is 0 Å². The predicted molar refractivity (Wildman–Crippen MR) is 88.2 cm³/mol. The maximum Gasteiger partial charge on any atom is 0.234 e. The molecule has 1 aliphatic carbocycles. The van der Waals surface area contributed by atoms with Crippen molar-refractivity contribution in [2.24, 2.45) is 5.92 Å².